The largest absolute Gasteiger partial charge is 0.263 e. The molecule has 0 aliphatic heterocycles. The third-order valence-electron chi connectivity index (χ3n) is 0.851. The van der Waals surface area contributed by atoms with E-state index in [1.165, 1.54) is 18.5 Å². The first-order valence-corrected chi connectivity index (χ1v) is 2.86. The Balaban J connectivity index is 3.06. The standard InChI is InChI=1S/C5H3ClN4/c6-4-1-5(9-10-7)3-8-2-4/h1-3H. The van der Waals surface area contributed by atoms with Gasteiger partial charge >= 0.3 is 0 Å². The molecule has 1 heterocycles. The van der Waals surface area contributed by atoms with Crippen molar-refractivity contribution in [3.63, 3.8) is 0 Å². The lowest BCUT2D eigenvalue weighted by atomic mass is 10.4. The van der Waals surface area contributed by atoms with Crippen LogP contribution in [0.2, 0.25) is 5.02 Å². The van der Waals surface area contributed by atoms with Crippen LogP contribution in [0.15, 0.2) is 23.6 Å². The first-order valence-electron chi connectivity index (χ1n) is 2.48. The van der Waals surface area contributed by atoms with Crippen molar-refractivity contribution in [3.8, 4) is 0 Å². The average molecular weight is 155 g/mol. The van der Waals surface area contributed by atoms with E-state index in [0.717, 1.165) is 0 Å². The number of azide groups is 1. The smallest absolute Gasteiger partial charge is 0.0593 e. The van der Waals surface area contributed by atoms with Gasteiger partial charge in [0, 0.05) is 17.3 Å². The van der Waals surface area contributed by atoms with Crippen LogP contribution in [0.5, 0.6) is 0 Å². The van der Waals surface area contributed by atoms with Gasteiger partial charge in [-0.1, -0.05) is 16.7 Å². The van der Waals surface area contributed by atoms with E-state index in [1.807, 2.05) is 0 Å². The van der Waals surface area contributed by atoms with Crippen LogP contribution in [0.3, 0.4) is 0 Å². The molecule has 1 rings (SSSR count). The molecule has 1 aromatic heterocycles. The highest BCUT2D eigenvalue weighted by atomic mass is 35.5. The summed E-state index contributed by atoms with van der Waals surface area (Å²) in [6.07, 6.45) is 2.91. The van der Waals surface area contributed by atoms with E-state index in [-0.39, 0.29) is 0 Å². The van der Waals surface area contributed by atoms with Crippen LogP contribution in [0.1, 0.15) is 0 Å². The summed E-state index contributed by atoms with van der Waals surface area (Å²) < 4.78 is 0. The first-order chi connectivity index (χ1) is 4.83. The van der Waals surface area contributed by atoms with Gasteiger partial charge in [-0.2, -0.15) is 0 Å². The second-order valence-electron chi connectivity index (χ2n) is 1.55. The lowest BCUT2D eigenvalue weighted by Crippen LogP contribution is -1.68. The maximum atomic E-state index is 8.00. The number of pyridine rings is 1. The van der Waals surface area contributed by atoms with E-state index >= 15 is 0 Å². The lowest BCUT2D eigenvalue weighted by Gasteiger charge is -1.88. The van der Waals surface area contributed by atoms with Crippen molar-refractivity contribution in [1.82, 2.24) is 4.98 Å². The SMILES string of the molecule is [N-]=[N+]=Nc1cncc(Cl)c1. The average Bonchev–Trinajstić information content (AvgIpc) is 1.88. The molecule has 0 fully saturated rings. The predicted molar refractivity (Wildman–Crippen MR) is 38.1 cm³/mol. The van der Waals surface area contributed by atoms with Crippen molar-refractivity contribution in [1.29, 1.82) is 0 Å². The molecule has 5 heteroatoms. The Morgan fingerprint density at radius 2 is 2.40 bits per heavy atom. The fraction of sp³-hybridized carbons (Fsp3) is 0. The van der Waals surface area contributed by atoms with E-state index in [9.17, 15) is 0 Å². The quantitative estimate of drug-likeness (QED) is 0.349. The van der Waals surface area contributed by atoms with Gasteiger partial charge in [-0.05, 0) is 11.6 Å². The summed E-state index contributed by atoms with van der Waals surface area (Å²) in [4.78, 5) is 6.28. The highest BCUT2D eigenvalue weighted by Crippen LogP contribution is 2.15. The molecule has 0 atom stereocenters. The first kappa shape index (κ1) is 6.86. The van der Waals surface area contributed by atoms with Crippen molar-refractivity contribution >= 4 is 17.3 Å². The van der Waals surface area contributed by atoms with Gasteiger partial charge in [0.1, 0.15) is 0 Å². The van der Waals surface area contributed by atoms with Crippen LogP contribution in [-0.2, 0) is 0 Å². The van der Waals surface area contributed by atoms with Crippen molar-refractivity contribution < 1.29 is 0 Å². The summed E-state index contributed by atoms with van der Waals surface area (Å²) in [5, 5.41) is 3.76. The van der Waals surface area contributed by atoms with Crippen molar-refractivity contribution in [2.75, 3.05) is 0 Å². The van der Waals surface area contributed by atoms with Crippen LogP contribution in [-0.4, -0.2) is 4.98 Å². The minimum absolute atomic E-state index is 0.426. The molecule has 0 bridgehead atoms. The lowest BCUT2D eigenvalue weighted by molar-refractivity contribution is 1.30. The number of halogens is 1. The molecule has 0 spiro atoms. The van der Waals surface area contributed by atoms with Crippen molar-refractivity contribution in [2.24, 2.45) is 5.11 Å². The highest BCUT2D eigenvalue weighted by Gasteiger charge is 1.88. The fourth-order valence-corrected chi connectivity index (χ4v) is 0.675. The van der Waals surface area contributed by atoms with Crippen molar-refractivity contribution in [3.05, 3.63) is 33.9 Å². The molecule has 50 valence electrons. The summed E-state index contributed by atoms with van der Waals surface area (Å²) in [5.41, 5.74) is 8.42. The van der Waals surface area contributed by atoms with Gasteiger partial charge in [0.15, 0.2) is 0 Å². The molecule has 0 unspecified atom stereocenters. The molecular weight excluding hydrogens is 152 g/mol. The number of hydrogen-bond donors (Lipinski definition) is 0. The predicted octanol–water partition coefficient (Wildman–Crippen LogP) is 2.68. The van der Waals surface area contributed by atoms with Gasteiger partial charge in [0.2, 0.25) is 0 Å². The molecular formula is C5H3ClN4. The Labute approximate surface area is 62.1 Å². The van der Waals surface area contributed by atoms with Gasteiger partial charge in [-0.25, -0.2) is 0 Å². The maximum absolute atomic E-state index is 8.00. The number of hydrogen-bond acceptors (Lipinski definition) is 2. The van der Waals surface area contributed by atoms with Crippen LogP contribution < -0.4 is 0 Å². The summed E-state index contributed by atoms with van der Waals surface area (Å²) in [5.74, 6) is 0. The van der Waals surface area contributed by atoms with E-state index in [2.05, 4.69) is 15.0 Å². The van der Waals surface area contributed by atoms with Crippen LogP contribution in [0.25, 0.3) is 10.4 Å². The molecule has 10 heavy (non-hydrogen) atoms. The molecule has 1 aromatic rings. The van der Waals surface area contributed by atoms with Gasteiger partial charge < -0.3 is 0 Å². The molecule has 0 radical (unpaired) electrons. The fourth-order valence-electron chi connectivity index (χ4n) is 0.507. The van der Waals surface area contributed by atoms with E-state index in [4.69, 9.17) is 17.1 Å². The Hall–Kier alpha value is -1.25. The third-order valence-corrected chi connectivity index (χ3v) is 1.06. The highest BCUT2D eigenvalue weighted by molar-refractivity contribution is 6.30. The Bertz CT molecular complexity index is 279. The van der Waals surface area contributed by atoms with Gasteiger partial charge in [-0.15, -0.1) is 0 Å². The molecule has 0 saturated heterocycles. The van der Waals surface area contributed by atoms with Gasteiger partial charge in [0.05, 0.1) is 10.7 Å². The second kappa shape index (κ2) is 3.06. The molecule has 0 aliphatic carbocycles. The molecule has 0 amide bonds. The maximum Gasteiger partial charge on any atom is 0.0593 e. The Morgan fingerprint density at radius 3 is 3.00 bits per heavy atom. The van der Waals surface area contributed by atoms with Gasteiger partial charge in [0.25, 0.3) is 0 Å². The summed E-state index contributed by atoms with van der Waals surface area (Å²) in [6.45, 7) is 0. The minimum Gasteiger partial charge on any atom is -0.263 e. The summed E-state index contributed by atoms with van der Waals surface area (Å²) >= 11 is 5.53. The monoisotopic (exact) mass is 154 g/mol. The van der Waals surface area contributed by atoms with E-state index < -0.39 is 0 Å². The number of rotatable bonds is 1. The molecule has 0 aliphatic rings. The zero-order chi connectivity index (χ0) is 7.40. The molecule has 0 aromatic carbocycles. The zero-order valence-corrected chi connectivity index (χ0v) is 5.65. The third kappa shape index (κ3) is 1.62. The normalized spacial score (nSPS) is 8.50. The summed E-state index contributed by atoms with van der Waals surface area (Å²) in [7, 11) is 0. The minimum atomic E-state index is 0.426. The Morgan fingerprint density at radius 1 is 1.60 bits per heavy atom. The molecule has 0 N–H and O–H groups in total. The van der Waals surface area contributed by atoms with Crippen LogP contribution in [0, 0.1) is 0 Å². The second-order valence-corrected chi connectivity index (χ2v) is 1.99. The van der Waals surface area contributed by atoms with E-state index in [0.29, 0.717) is 10.7 Å². The molecule has 0 saturated carbocycles. The summed E-state index contributed by atoms with van der Waals surface area (Å²) in [6, 6.07) is 1.54. The number of nitrogens with zero attached hydrogens (tertiary/aromatic N) is 4. The number of aromatic nitrogens is 1. The van der Waals surface area contributed by atoms with Gasteiger partial charge in [-0.3, -0.25) is 4.98 Å². The van der Waals surface area contributed by atoms with E-state index in [1.54, 1.807) is 0 Å². The molecule has 4 nitrogen and oxygen atoms in total. The van der Waals surface area contributed by atoms with Crippen molar-refractivity contribution in [2.45, 2.75) is 0 Å². The van der Waals surface area contributed by atoms with Crippen LogP contribution in [0.4, 0.5) is 5.69 Å². The Kier molecular flexibility index (Phi) is 2.10. The zero-order valence-electron chi connectivity index (χ0n) is 4.90. The van der Waals surface area contributed by atoms with Crippen LogP contribution >= 0.6 is 11.6 Å². The topological polar surface area (TPSA) is 61.7 Å².